The van der Waals surface area contributed by atoms with Gasteiger partial charge in [-0.15, -0.1) is 0 Å². The molecule has 1 aliphatic rings. The molecule has 0 bridgehead atoms. The molecule has 1 aromatic rings. The Balaban J connectivity index is 1.64. The van der Waals surface area contributed by atoms with Gasteiger partial charge in [-0.3, -0.25) is 9.69 Å². The van der Waals surface area contributed by atoms with Crippen LogP contribution < -0.4 is 10.6 Å². The maximum Gasteiger partial charge on any atom is 0.315 e. The largest absolute Gasteiger partial charge is 0.341 e. The van der Waals surface area contributed by atoms with Crippen LogP contribution in [0, 0.1) is 0 Å². The zero-order chi connectivity index (χ0) is 18.1. The molecule has 0 aliphatic carbocycles. The number of hydrogen-bond donors (Lipinski definition) is 2. The maximum absolute atomic E-state index is 12.0. The highest BCUT2D eigenvalue weighted by atomic mass is 16.2. The first-order chi connectivity index (χ1) is 12.1. The zero-order valence-electron chi connectivity index (χ0n) is 15.3. The SMILES string of the molecule is C[C@@H](CNC(=O)NCC(=O)N1CCCCC1)N(C)Cc1ccccc1. The van der Waals surface area contributed by atoms with Gasteiger partial charge in [-0.05, 0) is 38.8 Å². The minimum absolute atomic E-state index is 0.00379. The summed E-state index contributed by atoms with van der Waals surface area (Å²) in [7, 11) is 2.04. The molecule has 138 valence electrons. The summed E-state index contributed by atoms with van der Waals surface area (Å²) >= 11 is 0. The highest BCUT2D eigenvalue weighted by Gasteiger charge is 2.17. The molecule has 3 amide bonds. The first-order valence-corrected chi connectivity index (χ1v) is 9.10. The highest BCUT2D eigenvalue weighted by Crippen LogP contribution is 2.08. The second-order valence-electron chi connectivity index (χ2n) is 6.75. The molecule has 1 aromatic carbocycles. The summed E-state index contributed by atoms with van der Waals surface area (Å²) in [4.78, 5) is 28.0. The third kappa shape index (κ3) is 6.74. The van der Waals surface area contributed by atoms with E-state index >= 15 is 0 Å². The monoisotopic (exact) mass is 346 g/mol. The van der Waals surface area contributed by atoms with E-state index in [2.05, 4.69) is 34.6 Å². The number of carbonyl (C=O) groups is 2. The van der Waals surface area contributed by atoms with E-state index in [9.17, 15) is 9.59 Å². The average molecular weight is 346 g/mol. The van der Waals surface area contributed by atoms with E-state index in [4.69, 9.17) is 0 Å². The molecule has 0 saturated carbocycles. The molecule has 1 saturated heterocycles. The summed E-state index contributed by atoms with van der Waals surface area (Å²) in [6.45, 7) is 5.13. The summed E-state index contributed by atoms with van der Waals surface area (Å²) in [6.07, 6.45) is 3.30. The van der Waals surface area contributed by atoms with Gasteiger partial charge in [-0.1, -0.05) is 30.3 Å². The highest BCUT2D eigenvalue weighted by molar-refractivity contribution is 5.84. The fourth-order valence-electron chi connectivity index (χ4n) is 2.90. The van der Waals surface area contributed by atoms with Crippen molar-refractivity contribution in [3.05, 3.63) is 35.9 Å². The maximum atomic E-state index is 12.0. The third-order valence-corrected chi connectivity index (χ3v) is 4.69. The number of benzene rings is 1. The summed E-state index contributed by atoms with van der Waals surface area (Å²) < 4.78 is 0. The quantitative estimate of drug-likeness (QED) is 0.791. The molecule has 2 rings (SSSR count). The van der Waals surface area contributed by atoms with Crippen molar-refractivity contribution in [1.29, 1.82) is 0 Å². The number of rotatable bonds is 7. The van der Waals surface area contributed by atoms with Crippen molar-refractivity contribution in [3.63, 3.8) is 0 Å². The van der Waals surface area contributed by atoms with Crippen LogP contribution in [0.25, 0.3) is 0 Å². The number of carbonyl (C=O) groups excluding carboxylic acids is 2. The molecule has 0 spiro atoms. The van der Waals surface area contributed by atoms with E-state index in [0.29, 0.717) is 6.54 Å². The normalized spacial score (nSPS) is 15.7. The van der Waals surface area contributed by atoms with Gasteiger partial charge >= 0.3 is 6.03 Å². The van der Waals surface area contributed by atoms with E-state index in [1.54, 1.807) is 0 Å². The van der Waals surface area contributed by atoms with Gasteiger partial charge in [0.2, 0.25) is 5.91 Å². The summed E-state index contributed by atoms with van der Waals surface area (Å²) in [5, 5.41) is 5.51. The van der Waals surface area contributed by atoms with Crippen LogP contribution in [0.5, 0.6) is 0 Å². The fourth-order valence-corrected chi connectivity index (χ4v) is 2.90. The molecule has 0 aromatic heterocycles. The lowest BCUT2D eigenvalue weighted by Gasteiger charge is -2.27. The molecule has 1 atom stereocenters. The summed E-state index contributed by atoms with van der Waals surface area (Å²) in [6, 6.07) is 10.2. The van der Waals surface area contributed by atoms with Crippen molar-refractivity contribution in [1.82, 2.24) is 20.4 Å². The van der Waals surface area contributed by atoms with Crippen LogP contribution in [0.2, 0.25) is 0 Å². The summed E-state index contributed by atoms with van der Waals surface area (Å²) in [5.41, 5.74) is 1.24. The number of likely N-dealkylation sites (N-methyl/N-ethyl adjacent to an activating group) is 1. The van der Waals surface area contributed by atoms with E-state index in [-0.39, 0.29) is 24.5 Å². The van der Waals surface area contributed by atoms with E-state index in [1.165, 1.54) is 12.0 Å². The number of hydrogen-bond acceptors (Lipinski definition) is 3. The van der Waals surface area contributed by atoms with Gasteiger partial charge < -0.3 is 15.5 Å². The van der Waals surface area contributed by atoms with Crippen LogP contribution in [-0.2, 0) is 11.3 Å². The lowest BCUT2D eigenvalue weighted by molar-refractivity contribution is -0.130. The van der Waals surface area contributed by atoms with E-state index in [0.717, 1.165) is 32.5 Å². The average Bonchev–Trinajstić information content (AvgIpc) is 2.65. The van der Waals surface area contributed by atoms with Crippen LogP contribution in [0.3, 0.4) is 0 Å². The van der Waals surface area contributed by atoms with Crippen LogP contribution in [0.1, 0.15) is 31.7 Å². The predicted molar refractivity (Wildman–Crippen MR) is 99.2 cm³/mol. The van der Waals surface area contributed by atoms with Gasteiger partial charge in [0.15, 0.2) is 0 Å². The van der Waals surface area contributed by atoms with Crippen LogP contribution in [-0.4, -0.2) is 61.0 Å². The molecule has 0 unspecified atom stereocenters. The Morgan fingerprint density at radius 2 is 1.80 bits per heavy atom. The first kappa shape index (κ1) is 19.2. The number of urea groups is 1. The number of nitrogens with one attached hydrogen (secondary N) is 2. The van der Waals surface area contributed by atoms with Crippen LogP contribution in [0.4, 0.5) is 4.79 Å². The first-order valence-electron chi connectivity index (χ1n) is 9.10. The zero-order valence-corrected chi connectivity index (χ0v) is 15.3. The Bertz CT molecular complexity index is 544. The van der Waals surface area contributed by atoms with Gasteiger partial charge in [0.05, 0.1) is 6.54 Å². The Morgan fingerprint density at radius 3 is 2.48 bits per heavy atom. The Labute approximate surface area is 150 Å². The van der Waals surface area contributed by atoms with Gasteiger partial charge in [0.1, 0.15) is 0 Å². The predicted octanol–water partition coefficient (Wildman–Crippen LogP) is 1.82. The molecular formula is C19H30N4O2. The van der Waals surface area contributed by atoms with Crippen molar-refractivity contribution < 1.29 is 9.59 Å². The van der Waals surface area contributed by atoms with Crippen molar-refractivity contribution in [2.45, 2.75) is 38.8 Å². The molecule has 1 fully saturated rings. The number of nitrogens with zero attached hydrogens (tertiary/aromatic N) is 2. The topological polar surface area (TPSA) is 64.7 Å². The molecular weight excluding hydrogens is 316 g/mol. The Hall–Kier alpha value is -2.08. The molecule has 6 nitrogen and oxygen atoms in total. The van der Waals surface area contributed by atoms with E-state index in [1.807, 2.05) is 30.1 Å². The third-order valence-electron chi connectivity index (χ3n) is 4.69. The summed E-state index contributed by atoms with van der Waals surface area (Å²) in [5.74, 6) is 0.00379. The molecule has 1 heterocycles. The van der Waals surface area contributed by atoms with Gasteiger partial charge in [0, 0.05) is 32.2 Å². The number of piperidine rings is 1. The Kier molecular flexibility index (Phi) is 7.73. The fraction of sp³-hybridized carbons (Fsp3) is 0.579. The minimum atomic E-state index is -0.287. The van der Waals surface area contributed by atoms with Crippen molar-refractivity contribution >= 4 is 11.9 Å². The van der Waals surface area contributed by atoms with Crippen LogP contribution in [0.15, 0.2) is 30.3 Å². The smallest absolute Gasteiger partial charge is 0.315 e. The van der Waals surface area contributed by atoms with Crippen molar-refractivity contribution in [2.75, 3.05) is 33.2 Å². The van der Waals surface area contributed by atoms with Crippen molar-refractivity contribution in [2.24, 2.45) is 0 Å². The van der Waals surface area contributed by atoms with Crippen molar-refractivity contribution in [3.8, 4) is 0 Å². The van der Waals surface area contributed by atoms with Gasteiger partial charge in [-0.2, -0.15) is 0 Å². The lowest BCUT2D eigenvalue weighted by atomic mass is 10.1. The molecule has 25 heavy (non-hydrogen) atoms. The Morgan fingerprint density at radius 1 is 1.12 bits per heavy atom. The van der Waals surface area contributed by atoms with Gasteiger partial charge in [0.25, 0.3) is 0 Å². The molecule has 0 radical (unpaired) electrons. The number of amides is 3. The standard InChI is InChI=1S/C19H30N4O2/c1-16(22(2)15-17-9-5-3-6-10-17)13-20-19(25)21-14-18(24)23-11-7-4-8-12-23/h3,5-6,9-10,16H,4,7-8,11-15H2,1-2H3,(H2,20,21,25)/t16-/m0/s1. The number of likely N-dealkylation sites (tertiary alicyclic amines) is 1. The minimum Gasteiger partial charge on any atom is -0.341 e. The van der Waals surface area contributed by atoms with Crippen LogP contribution >= 0.6 is 0 Å². The molecule has 2 N–H and O–H groups in total. The van der Waals surface area contributed by atoms with E-state index < -0.39 is 0 Å². The van der Waals surface area contributed by atoms with Gasteiger partial charge in [-0.25, -0.2) is 4.79 Å². The lowest BCUT2D eigenvalue weighted by Crippen LogP contribution is -2.47. The molecule has 1 aliphatic heterocycles. The second-order valence-corrected chi connectivity index (χ2v) is 6.75. The second kappa shape index (κ2) is 10.0. The molecule has 6 heteroatoms.